The summed E-state index contributed by atoms with van der Waals surface area (Å²) in [5.74, 6) is 0.383. The van der Waals surface area contributed by atoms with Crippen molar-refractivity contribution in [3.8, 4) is 16.9 Å². The molecule has 1 aliphatic rings. The molecule has 35 heavy (non-hydrogen) atoms. The van der Waals surface area contributed by atoms with E-state index in [0.29, 0.717) is 43.3 Å². The molecular formula is C28H33N3O4. The van der Waals surface area contributed by atoms with E-state index in [1.54, 1.807) is 30.3 Å². The van der Waals surface area contributed by atoms with Crippen LogP contribution in [-0.2, 0) is 21.3 Å². The fourth-order valence-electron chi connectivity index (χ4n) is 4.06. The molecule has 0 unspecified atom stereocenters. The maximum absolute atomic E-state index is 13.2. The van der Waals surface area contributed by atoms with Crippen LogP contribution in [0.15, 0.2) is 54.7 Å². The molecule has 0 saturated heterocycles. The average Bonchev–Trinajstić information content (AvgIpc) is 2.84. The normalized spacial score (nSPS) is 13.6. The first kappa shape index (κ1) is 24.7. The zero-order valence-corrected chi connectivity index (χ0v) is 20.8. The van der Waals surface area contributed by atoms with E-state index in [2.05, 4.69) is 56.1 Å². The highest BCUT2D eigenvalue weighted by Gasteiger charge is 2.27. The Kier molecular flexibility index (Phi) is 7.38. The van der Waals surface area contributed by atoms with Crippen LogP contribution in [0.2, 0.25) is 0 Å². The molecule has 1 aliphatic heterocycles. The van der Waals surface area contributed by atoms with Gasteiger partial charge in [0, 0.05) is 31.1 Å². The second-order valence-electron chi connectivity index (χ2n) is 9.65. The fourth-order valence-corrected chi connectivity index (χ4v) is 4.06. The Balaban J connectivity index is 1.47. The maximum Gasteiger partial charge on any atom is 0.277 e. The number of anilines is 2. The lowest BCUT2D eigenvalue weighted by molar-refractivity contribution is -0.00813. The summed E-state index contributed by atoms with van der Waals surface area (Å²) in [5, 5.41) is 0. The van der Waals surface area contributed by atoms with E-state index in [9.17, 15) is 4.79 Å². The highest BCUT2D eigenvalue weighted by molar-refractivity contribution is 6.07. The Bertz CT molecular complexity index is 1190. The van der Waals surface area contributed by atoms with E-state index >= 15 is 0 Å². The lowest BCUT2D eigenvalue weighted by Crippen LogP contribution is -2.38. The smallest absolute Gasteiger partial charge is 0.277 e. The van der Waals surface area contributed by atoms with Crippen LogP contribution in [0.3, 0.4) is 0 Å². The molecule has 0 bridgehead atoms. The minimum Gasteiger partial charge on any atom is -0.465 e. The highest BCUT2D eigenvalue weighted by Crippen LogP contribution is 2.32. The highest BCUT2D eigenvalue weighted by atomic mass is 16.7. The molecular weight excluding hydrogens is 442 g/mol. The minimum absolute atomic E-state index is 0.0775. The monoisotopic (exact) mass is 475 g/mol. The van der Waals surface area contributed by atoms with Gasteiger partial charge in [0.1, 0.15) is 11.4 Å². The Hall–Kier alpha value is -3.42. The van der Waals surface area contributed by atoms with Crippen molar-refractivity contribution < 1.29 is 19.0 Å². The number of pyridine rings is 1. The first-order valence-electron chi connectivity index (χ1n) is 11.8. The molecule has 2 heterocycles. The summed E-state index contributed by atoms with van der Waals surface area (Å²) in [5.41, 5.74) is 12.3. The Morgan fingerprint density at radius 3 is 2.49 bits per heavy atom. The molecule has 1 amide bonds. The fraction of sp³-hybridized carbons (Fsp3) is 0.357. The quantitative estimate of drug-likeness (QED) is 0.285. The van der Waals surface area contributed by atoms with Gasteiger partial charge in [0.15, 0.2) is 6.79 Å². The minimum atomic E-state index is -0.128. The van der Waals surface area contributed by atoms with Crippen LogP contribution in [0.4, 0.5) is 11.4 Å². The van der Waals surface area contributed by atoms with Crippen molar-refractivity contribution in [3.63, 3.8) is 0 Å². The number of fused-ring (bicyclic) bond motifs is 1. The lowest BCUT2D eigenvalue weighted by Gasteiger charge is -2.28. The number of amides is 1. The zero-order chi connectivity index (χ0) is 25.0. The summed E-state index contributed by atoms with van der Waals surface area (Å²) < 4.78 is 15.8. The largest absolute Gasteiger partial charge is 0.465 e. The van der Waals surface area contributed by atoms with Crippen LogP contribution in [0.5, 0.6) is 5.75 Å². The summed E-state index contributed by atoms with van der Waals surface area (Å²) in [6.45, 7) is 8.17. The van der Waals surface area contributed by atoms with E-state index in [0.717, 1.165) is 22.4 Å². The van der Waals surface area contributed by atoms with E-state index in [-0.39, 0.29) is 18.1 Å². The van der Waals surface area contributed by atoms with Crippen molar-refractivity contribution in [1.29, 1.82) is 0 Å². The summed E-state index contributed by atoms with van der Waals surface area (Å²) in [6.07, 6.45) is 2.49. The van der Waals surface area contributed by atoms with Gasteiger partial charge in [-0.1, -0.05) is 45.0 Å². The maximum atomic E-state index is 13.2. The summed E-state index contributed by atoms with van der Waals surface area (Å²) in [4.78, 5) is 19.5. The molecule has 184 valence electrons. The molecule has 0 radical (unpaired) electrons. The molecule has 0 aliphatic carbocycles. The number of aromatic nitrogens is 1. The van der Waals surface area contributed by atoms with Crippen LogP contribution < -0.4 is 15.4 Å². The first-order chi connectivity index (χ1) is 16.8. The number of ether oxygens (including phenoxy) is 3. The molecule has 3 aromatic rings. The second-order valence-corrected chi connectivity index (χ2v) is 9.65. The standard InChI is InChI=1S/C28H33N3O4/c1-28(2,3)22-7-5-19(6-8-22)21-15-20-11-12-31(27(32)26(20)30-17-21)23-9-10-25(24(29)16-23)35-18-34-14-13-33-4/h5-10,15-17H,11-14,18,29H2,1-4H3. The zero-order valence-electron chi connectivity index (χ0n) is 20.8. The van der Waals surface area contributed by atoms with Gasteiger partial charge in [0.05, 0.1) is 18.9 Å². The van der Waals surface area contributed by atoms with Gasteiger partial charge in [-0.15, -0.1) is 0 Å². The molecule has 2 N–H and O–H groups in total. The number of hydrogen-bond acceptors (Lipinski definition) is 6. The Morgan fingerprint density at radius 2 is 1.80 bits per heavy atom. The number of nitrogens with two attached hydrogens (primary N) is 1. The third kappa shape index (κ3) is 5.63. The van der Waals surface area contributed by atoms with Gasteiger partial charge in [0.2, 0.25) is 0 Å². The molecule has 7 heteroatoms. The van der Waals surface area contributed by atoms with Crippen molar-refractivity contribution in [2.75, 3.05) is 44.3 Å². The van der Waals surface area contributed by atoms with Crippen molar-refractivity contribution in [1.82, 2.24) is 4.98 Å². The molecule has 1 aromatic heterocycles. The number of hydrogen-bond donors (Lipinski definition) is 1. The lowest BCUT2D eigenvalue weighted by atomic mass is 9.86. The molecule has 0 fully saturated rings. The van der Waals surface area contributed by atoms with Gasteiger partial charge in [-0.2, -0.15) is 0 Å². The van der Waals surface area contributed by atoms with Gasteiger partial charge in [-0.05, 0) is 52.8 Å². The summed E-state index contributed by atoms with van der Waals surface area (Å²) in [6, 6.07) is 16.0. The van der Waals surface area contributed by atoms with Crippen LogP contribution in [-0.4, -0.2) is 44.6 Å². The van der Waals surface area contributed by atoms with Gasteiger partial charge in [-0.25, -0.2) is 0 Å². The number of carbonyl (C=O) groups is 1. The molecule has 2 aromatic carbocycles. The Labute approximate surface area is 206 Å². The average molecular weight is 476 g/mol. The number of carbonyl (C=O) groups excluding carboxylic acids is 1. The van der Waals surface area contributed by atoms with Crippen molar-refractivity contribution in [2.45, 2.75) is 32.6 Å². The summed E-state index contributed by atoms with van der Waals surface area (Å²) >= 11 is 0. The Morgan fingerprint density at radius 1 is 1.03 bits per heavy atom. The number of nitrogen functional groups attached to an aromatic ring is 1. The number of benzene rings is 2. The molecule has 0 spiro atoms. The molecule has 4 rings (SSSR count). The summed E-state index contributed by atoms with van der Waals surface area (Å²) in [7, 11) is 1.61. The molecule has 7 nitrogen and oxygen atoms in total. The SMILES string of the molecule is COCCOCOc1ccc(N2CCc3cc(-c4ccc(C(C)(C)C)cc4)cnc3C2=O)cc1N. The van der Waals surface area contributed by atoms with Crippen LogP contribution in [0.1, 0.15) is 42.4 Å². The van der Waals surface area contributed by atoms with E-state index < -0.39 is 0 Å². The van der Waals surface area contributed by atoms with Crippen LogP contribution in [0, 0.1) is 0 Å². The van der Waals surface area contributed by atoms with E-state index in [1.807, 2.05) is 6.07 Å². The van der Waals surface area contributed by atoms with Gasteiger partial charge in [-0.3, -0.25) is 9.78 Å². The second kappa shape index (κ2) is 10.5. The van der Waals surface area contributed by atoms with Crippen molar-refractivity contribution >= 4 is 17.3 Å². The molecule has 0 saturated carbocycles. The third-order valence-corrected chi connectivity index (χ3v) is 6.14. The predicted octanol–water partition coefficient (Wildman–Crippen LogP) is 4.83. The van der Waals surface area contributed by atoms with Gasteiger partial charge >= 0.3 is 0 Å². The van der Waals surface area contributed by atoms with Gasteiger partial charge < -0.3 is 24.8 Å². The van der Waals surface area contributed by atoms with Crippen molar-refractivity contribution in [3.05, 3.63) is 71.5 Å². The molecule has 0 atom stereocenters. The van der Waals surface area contributed by atoms with E-state index in [4.69, 9.17) is 19.9 Å². The number of rotatable bonds is 8. The third-order valence-electron chi connectivity index (χ3n) is 6.14. The van der Waals surface area contributed by atoms with Gasteiger partial charge in [0.25, 0.3) is 5.91 Å². The van der Waals surface area contributed by atoms with Crippen LogP contribution in [0.25, 0.3) is 11.1 Å². The topological polar surface area (TPSA) is 86.9 Å². The number of nitrogens with zero attached hydrogens (tertiary/aromatic N) is 2. The van der Waals surface area contributed by atoms with E-state index in [1.165, 1.54) is 5.56 Å². The number of methoxy groups -OCH3 is 1. The first-order valence-corrected chi connectivity index (χ1v) is 11.8. The predicted molar refractivity (Wildman–Crippen MR) is 138 cm³/mol. The van der Waals surface area contributed by atoms with Crippen molar-refractivity contribution in [2.24, 2.45) is 0 Å². The van der Waals surface area contributed by atoms with Crippen LogP contribution >= 0.6 is 0 Å².